The Labute approximate surface area is 268 Å². The molecule has 8 rings (SSSR count). The highest BCUT2D eigenvalue weighted by atomic mass is 32.1. The van der Waals surface area contributed by atoms with Gasteiger partial charge in [0, 0.05) is 5.56 Å². The van der Waals surface area contributed by atoms with Crippen LogP contribution in [0.25, 0.3) is 22.5 Å². The topological polar surface area (TPSA) is 52.8 Å². The minimum atomic E-state index is -0.360. The van der Waals surface area contributed by atoms with Crippen LogP contribution in [0.2, 0.25) is 0 Å². The molecule has 2 aliphatic rings. The van der Waals surface area contributed by atoms with Crippen LogP contribution in [-0.4, -0.2) is 11.7 Å². The summed E-state index contributed by atoms with van der Waals surface area (Å²) in [6.45, 7) is 0.396. The van der Waals surface area contributed by atoms with Crippen LogP contribution >= 0.6 is 11.3 Å². The Morgan fingerprint density at radius 2 is 1.72 bits per heavy atom. The monoisotopic (exact) mass is 624 g/mol. The summed E-state index contributed by atoms with van der Waals surface area (Å²) in [4.78, 5) is 19.8. The van der Waals surface area contributed by atoms with Crippen LogP contribution in [0, 0.1) is 5.82 Å². The number of hydrogen-bond donors (Lipinski definition) is 0. The van der Waals surface area contributed by atoms with Crippen LogP contribution in [0.3, 0.4) is 0 Å². The number of thiazole rings is 1. The molecule has 2 heterocycles. The smallest absolute Gasteiger partial charge is 0.271 e. The first-order valence-electron chi connectivity index (χ1n) is 15.2. The third-order valence-corrected chi connectivity index (χ3v) is 9.79. The van der Waals surface area contributed by atoms with Gasteiger partial charge in [0.15, 0.2) is 16.3 Å². The summed E-state index contributed by atoms with van der Waals surface area (Å²) in [5.41, 5.74) is 6.98. The van der Waals surface area contributed by atoms with Crippen LogP contribution < -0.4 is 24.4 Å². The second-order valence-electron chi connectivity index (χ2n) is 11.5. The van der Waals surface area contributed by atoms with Gasteiger partial charge in [-0.3, -0.25) is 9.36 Å². The molecule has 0 N–H and O–H groups in total. The van der Waals surface area contributed by atoms with Crippen molar-refractivity contribution in [1.82, 2.24) is 4.57 Å². The maximum absolute atomic E-state index is 14.1. The fourth-order valence-electron chi connectivity index (χ4n) is 6.59. The number of benzene rings is 5. The number of fused-ring (bicyclic) bond motifs is 4. The fourth-order valence-corrected chi connectivity index (χ4v) is 7.59. The van der Waals surface area contributed by atoms with Gasteiger partial charge in [0.25, 0.3) is 5.56 Å². The van der Waals surface area contributed by atoms with E-state index < -0.39 is 0 Å². The van der Waals surface area contributed by atoms with Gasteiger partial charge in [-0.05, 0) is 81.8 Å². The maximum atomic E-state index is 14.1. The lowest BCUT2D eigenvalue weighted by atomic mass is 9.83. The molecule has 0 radical (unpaired) electrons. The van der Waals surface area contributed by atoms with E-state index in [0.717, 1.165) is 51.8 Å². The predicted molar refractivity (Wildman–Crippen MR) is 180 cm³/mol. The van der Waals surface area contributed by atoms with Gasteiger partial charge in [-0.25, -0.2) is 9.38 Å². The highest BCUT2D eigenvalue weighted by Crippen LogP contribution is 2.41. The number of aryl methyl sites for hydroxylation is 1. The highest BCUT2D eigenvalue weighted by molar-refractivity contribution is 7.07. The van der Waals surface area contributed by atoms with E-state index in [1.54, 1.807) is 23.8 Å². The molecule has 0 amide bonds. The zero-order valence-corrected chi connectivity index (χ0v) is 25.9. The Kier molecular flexibility index (Phi) is 7.11. The van der Waals surface area contributed by atoms with Crippen LogP contribution in [0.5, 0.6) is 11.5 Å². The molecule has 5 nitrogen and oxygen atoms in total. The van der Waals surface area contributed by atoms with Gasteiger partial charge in [0.05, 0.1) is 23.4 Å². The van der Waals surface area contributed by atoms with Crippen LogP contribution in [0.4, 0.5) is 4.39 Å². The van der Waals surface area contributed by atoms with Gasteiger partial charge < -0.3 is 9.47 Å². The van der Waals surface area contributed by atoms with Crippen molar-refractivity contribution in [2.45, 2.75) is 25.5 Å². The average Bonchev–Trinajstić information content (AvgIpc) is 3.40. The van der Waals surface area contributed by atoms with Crippen LogP contribution in [0.1, 0.15) is 40.3 Å². The lowest BCUT2D eigenvalue weighted by molar-refractivity contribution is 0.285. The minimum absolute atomic E-state index is 0.126. The molecule has 0 spiro atoms. The van der Waals surface area contributed by atoms with Crippen molar-refractivity contribution in [3.8, 4) is 11.5 Å². The SMILES string of the molecule is COc1cc(/C=c2\sc3n(c2=O)[C@H](c2ccc(F)cc2)C2=C(N=3)c3ccccc3CC2)ccc1OCc1cccc2ccccc12. The zero-order valence-electron chi connectivity index (χ0n) is 25.1. The standard InChI is InChI=1S/C39H29FN2O3S/c1-44-34-21-24(13-20-33(34)45-23-28-10-6-9-25-7-2-4-11-30(25)28)22-35-38(43)42-37(27-14-17-29(40)18-15-27)32-19-16-26-8-3-5-12-31(26)36(32)41-39(42)46-35/h2-15,17-18,20-22,37H,16,19,23H2,1H3/b35-22-/t37-/m1/s1. The molecule has 226 valence electrons. The molecule has 0 saturated carbocycles. The Morgan fingerprint density at radius 3 is 2.59 bits per heavy atom. The molecule has 6 aromatic rings. The largest absolute Gasteiger partial charge is 0.493 e. The number of rotatable bonds is 6. The third-order valence-electron chi connectivity index (χ3n) is 8.81. The zero-order chi connectivity index (χ0) is 31.2. The highest BCUT2D eigenvalue weighted by Gasteiger charge is 2.32. The second kappa shape index (κ2) is 11.6. The van der Waals surface area contributed by atoms with Gasteiger partial charge in [-0.15, -0.1) is 0 Å². The van der Waals surface area contributed by atoms with E-state index in [9.17, 15) is 9.18 Å². The lowest BCUT2D eigenvalue weighted by Gasteiger charge is -2.30. The van der Waals surface area contributed by atoms with Crippen LogP contribution in [-0.2, 0) is 13.0 Å². The molecule has 0 bridgehead atoms. The van der Waals surface area contributed by atoms with E-state index in [1.807, 2.05) is 54.6 Å². The van der Waals surface area contributed by atoms with E-state index in [4.69, 9.17) is 14.5 Å². The van der Waals surface area contributed by atoms with E-state index in [2.05, 4.69) is 36.4 Å². The first-order valence-corrected chi connectivity index (χ1v) is 16.0. The van der Waals surface area contributed by atoms with E-state index in [-0.39, 0.29) is 17.4 Å². The first-order chi connectivity index (χ1) is 22.6. The minimum Gasteiger partial charge on any atom is -0.493 e. The number of hydrogen-bond acceptors (Lipinski definition) is 5. The molecule has 7 heteroatoms. The van der Waals surface area contributed by atoms with Crippen LogP contribution in [0.15, 0.2) is 125 Å². The summed E-state index contributed by atoms with van der Waals surface area (Å²) in [5, 5.41) is 2.32. The molecule has 0 unspecified atom stereocenters. The first kappa shape index (κ1) is 28.2. The molecule has 0 saturated heterocycles. The number of aromatic nitrogens is 1. The normalized spacial score (nSPS) is 15.6. The van der Waals surface area contributed by atoms with E-state index in [1.165, 1.54) is 34.4 Å². The average molecular weight is 625 g/mol. The molecule has 1 aromatic heterocycles. The maximum Gasteiger partial charge on any atom is 0.271 e. The van der Waals surface area contributed by atoms with Crippen molar-refractivity contribution in [2.75, 3.05) is 7.11 Å². The Morgan fingerprint density at radius 1 is 0.913 bits per heavy atom. The van der Waals surface area contributed by atoms with Gasteiger partial charge in [0.1, 0.15) is 12.4 Å². The van der Waals surface area contributed by atoms with Crippen molar-refractivity contribution in [1.29, 1.82) is 0 Å². The molecule has 1 aliphatic carbocycles. The number of nitrogens with zero attached hydrogens (tertiary/aromatic N) is 2. The predicted octanol–water partition coefficient (Wildman–Crippen LogP) is 7.20. The molecular formula is C39H29FN2O3S. The molecule has 5 aromatic carbocycles. The molecule has 0 fully saturated rings. The fraction of sp³-hybridized carbons (Fsp3) is 0.128. The van der Waals surface area contributed by atoms with Gasteiger partial charge in [0.2, 0.25) is 0 Å². The summed E-state index contributed by atoms with van der Waals surface area (Å²) in [5.74, 6) is 0.896. The second-order valence-corrected chi connectivity index (χ2v) is 12.5. The number of halogens is 1. The summed E-state index contributed by atoms with van der Waals surface area (Å²) in [6.07, 6.45) is 3.51. The molecule has 1 atom stereocenters. The Balaban J connectivity index is 1.18. The van der Waals surface area contributed by atoms with Crippen molar-refractivity contribution in [3.63, 3.8) is 0 Å². The number of allylic oxidation sites excluding steroid dienone is 1. The Bertz CT molecular complexity index is 2350. The third kappa shape index (κ3) is 4.93. The lowest BCUT2D eigenvalue weighted by Crippen LogP contribution is -2.38. The number of methoxy groups -OCH3 is 1. The quantitative estimate of drug-likeness (QED) is 0.197. The molecular weight excluding hydrogens is 596 g/mol. The molecule has 46 heavy (non-hydrogen) atoms. The summed E-state index contributed by atoms with van der Waals surface area (Å²) < 4.78 is 28.2. The van der Waals surface area contributed by atoms with Gasteiger partial charge in [-0.1, -0.05) is 96.3 Å². The summed E-state index contributed by atoms with van der Waals surface area (Å²) in [6, 6.07) is 34.5. The van der Waals surface area contributed by atoms with Crippen molar-refractivity contribution in [2.24, 2.45) is 4.99 Å². The van der Waals surface area contributed by atoms with Crippen molar-refractivity contribution < 1.29 is 13.9 Å². The van der Waals surface area contributed by atoms with Gasteiger partial charge >= 0.3 is 0 Å². The summed E-state index contributed by atoms with van der Waals surface area (Å²) in [7, 11) is 1.61. The van der Waals surface area contributed by atoms with E-state index in [0.29, 0.717) is 27.4 Å². The van der Waals surface area contributed by atoms with Gasteiger partial charge in [-0.2, -0.15) is 0 Å². The van der Waals surface area contributed by atoms with E-state index >= 15 is 0 Å². The Hall–Kier alpha value is -5.27. The van der Waals surface area contributed by atoms with Crippen molar-refractivity contribution >= 4 is 33.9 Å². The number of ether oxygens (including phenoxy) is 2. The summed E-state index contributed by atoms with van der Waals surface area (Å²) >= 11 is 1.36. The van der Waals surface area contributed by atoms with Crippen molar-refractivity contribution in [3.05, 3.63) is 168 Å². The molecule has 1 aliphatic heterocycles.